The van der Waals surface area contributed by atoms with Crippen LogP contribution in [0.5, 0.6) is 0 Å². The number of carbonyl (C=O) groups excluding carboxylic acids is 3. The average Bonchev–Trinajstić information content (AvgIpc) is 3.02. The maximum Gasteiger partial charge on any atom is 0.307 e. The Morgan fingerprint density at radius 1 is 1.29 bits per heavy atom. The molecule has 0 aromatic rings. The van der Waals surface area contributed by atoms with E-state index in [1.54, 1.807) is 13.0 Å². The minimum atomic E-state index is -4.36. The number of fused-ring (bicyclic) bond motifs is 5. The van der Waals surface area contributed by atoms with Crippen LogP contribution in [0.1, 0.15) is 39.5 Å². The van der Waals surface area contributed by atoms with Crippen LogP contribution >= 0.6 is 11.6 Å². The van der Waals surface area contributed by atoms with E-state index in [4.69, 9.17) is 20.9 Å². The van der Waals surface area contributed by atoms with Gasteiger partial charge in [0, 0.05) is 21.8 Å². The Morgan fingerprint density at radius 3 is 2.63 bits per heavy atom. The second-order valence-corrected chi connectivity index (χ2v) is 12.5. The van der Waals surface area contributed by atoms with Gasteiger partial charge in [0.05, 0.1) is 18.3 Å². The predicted molar refractivity (Wildman–Crippen MR) is 125 cm³/mol. The van der Waals surface area contributed by atoms with Crippen molar-refractivity contribution in [3.05, 3.63) is 34.9 Å². The van der Waals surface area contributed by atoms with E-state index >= 15 is 0 Å². The molecular weight excluding hydrogens is 500 g/mol. The first-order chi connectivity index (χ1) is 16.1. The monoisotopic (exact) mass is 528 g/mol. The first kappa shape index (κ1) is 26.2. The molecule has 9 nitrogen and oxygen atoms in total. The molecule has 0 aromatic heterocycles. The van der Waals surface area contributed by atoms with E-state index in [1.807, 2.05) is 13.0 Å². The van der Waals surface area contributed by atoms with Crippen molar-refractivity contribution in [2.75, 3.05) is 12.4 Å². The lowest BCUT2D eigenvalue weighted by atomic mass is 9.48. The molecule has 4 aliphatic rings. The second kappa shape index (κ2) is 8.62. The standard InChI is InChI=1S/C24H29ClO9S/c1-22-6-3-13(26)9-16(22)17(25)10-14-15-4-7-24(30,23(15,2)11-18(27)21(14)22)19(28)12-34-20(29)5-8-35(31,32)33/h3,6,9-10,14-15,18,21,27,30H,4-5,7-8,11-12H2,1-2H3,(H,31,32,33)/t14-,15-,18?,21+,22-,23-,24-/m0/s1. The van der Waals surface area contributed by atoms with Crippen molar-refractivity contribution in [3.8, 4) is 0 Å². The Bertz CT molecular complexity index is 1170. The lowest BCUT2D eigenvalue weighted by Gasteiger charge is -2.58. The Kier molecular flexibility index (Phi) is 6.46. The van der Waals surface area contributed by atoms with Gasteiger partial charge in [-0.1, -0.05) is 37.6 Å². The van der Waals surface area contributed by atoms with Crippen molar-refractivity contribution in [1.29, 1.82) is 0 Å². The number of halogens is 1. The highest BCUT2D eigenvalue weighted by Crippen LogP contribution is 2.66. The van der Waals surface area contributed by atoms with E-state index in [1.165, 1.54) is 12.2 Å². The van der Waals surface area contributed by atoms with Gasteiger partial charge in [0.15, 0.2) is 12.4 Å². The predicted octanol–water partition coefficient (Wildman–Crippen LogP) is 1.73. The third kappa shape index (κ3) is 4.23. The fourth-order valence-electron chi connectivity index (χ4n) is 6.87. The quantitative estimate of drug-likeness (QED) is 0.345. The third-order valence-corrected chi connectivity index (χ3v) is 9.70. The minimum Gasteiger partial charge on any atom is -0.458 e. The number of carbonyl (C=O) groups is 3. The van der Waals surface area contributed by atoms with E-state index in [0.29, 0.717) is 17.0 Å². The number of Topliss-reactive ketones (excluding diaryl/α,β-unsaturated/α-hetero) is 1. The normalized spacial score (nSPS) is 40.2. The van der Waals surface area contributed by atoms with Gasteiger partial charge in [-0.2, -0.15) is 8.42 Å². The van der Waals surface area contributed by atoms with Crippen LogP contribution < -0.4 is 0 Å². The number of ether oxygens (including phenoxy) is 1. The summed E-state index contributed by atoms with van der Waals surface area (Å²) < 4.78 is 35.3. The van der Waals surface area contributed by atoms with Crippen molar-refractivity contribution in [1.82, 2.24) is 0 Å². The molecule has 0 amide bonds. The average molecular weight is 529 g/mol. The van der Waals surface area contributed by atoms with Gasteiger partial charge in [-0.3, -0.25) is 18.9 Å². The third-order valence-electron chi connectivity index (χ3n) is 8.65. The fraction of sp³-hybridized carbons (Fsp3) is 0.625. The van der Waals surface area contributed by atoms with E-state index in [-0.39, 0.29) is 36.4 Å². The maximum absolute atomic E-state index is 13.1. The number of aliphatic hydroxyl groups excluding tert-OH is 1. The van der Waals surface area contributed by atoms with Gasteiger partial charge in [-0.05, 0) is 48.8 Å². The lowest BCUT2D eigenvalue weighted by molar-refractivity contribution is -0.176. The van der Waals surface area contributed by atoms with Crippen molar-refractivity contribution in [2.45, 2.75) is 51.2 Å². The van der Waals surface area contributed by atoms with Crippen LogP contribution in [0.3, 0.4) is 0 Å². The topological polar surface area (TPSA) is 155 Å². The molecule has 0 aliphatic heterocycles. The lowest BCUT2D eigenvalue weighted by Crippen LogP contribution is -2.61. The molecule has 11 heteroatoms. The molecule has 4 rings (SSSR count). The van der Waals surface area contributed by atoms with Gasteiger partial charge in [0.25, 0.3) is 10.1 Å². The summed E-state index contributed by atoms with van der Waals surface area (Å²) in [6.07, 6.45) is 5.72. The highest BCUT2D eigenvalue weighted by Gasteiger charge is 2.68. The molecule has 2 fully saturated rings. The maximum atomic E-state index is 13.1. The van der Waals surface area contributed by atoms with Gasteiger partial charge < -0.3 is 14.9 Å². The summed E-state index contributed by atoms with van der Waals surface area (Å²) in [4.78, 5) is 36.9. The van der Waals surface area contributed by atoms with Crippen molar-refractivity contribution in [3.63, 3.8) is 0 Å². The van der Waals surface area contributed by atoms with E-state index in [9.17, 15) is 33.0 Å². The van der Waals surface area contributed by atoms with Crippen LogP contribution in [-0.2, 0) is 29.2 Å². The Morgan fingerprint density at radius 2 is 1.97 bits per heavy atom. The van der Waals surface area contributed by atoms with E-state index < -0.39 is 63.2 Å². The zero-order chi connectivity index (χ0) is 26.0. The van der Waals surface area contributed by atoms with E-state index in [2.05, 4.69) is 0 Å². The summed E-state index contributed by atoms with van der Waals surface area (Å²) >= 11 is 6.61. The van der Waals surface area contributed by atoms with Crippen LogP contribution in [0, 0.1) is 28.6 Å². The number of esters is 1. The van der Waals surface area contributed by atoms with Crippen molar-refractivity contribution >= 4 is 39.3 Å². The molecule has 192 valence electrons. The van der Waals surface area contributed by atoms with Gasteiger partial charge >= 0.3 is 5.97 Å². The molecule has 7 atom stereocenters. The first-order valence-corrected chi connectivity index (χ1v) is 13.5. The van der Waals surface area contributed by atoms with Gasteiger partial charge in [-0.25, -0.2) is 0 Å². The molecule has 0 aromatic carbocycles. The Labute approximate surface area is 208 Å². The first-order valence-electron chi connectivity index (χ1n) is 11.5. The minimum absolute atomic E-state index is 0.102. The highest BCUT2D eigenvalue weighted by molar-refractivity contribution is 7.85. The zero-order valence-electron chi connectivity index (χ0n) is 19.4. The van der Waals surface area contributed by atoms with Gasteiger partial charge in [0.1, 0.15) is 5.60 Å². The highest BCUT2D eigenvalue weighted by atomic mass is 35.5. The van der Waals surface area contributed by atoms with Crippen LogP contribution in [0.4, 0.5) is 0 Å². The molecule has 3 N–H and O–H groups in total. The fourth-order valence-corrected chi connectivity index (χ4v) is 7.70. The Hall–Kier alpha value is -1.85. The van der Waals surface area contributed by atoms with E-state index in [0.717, 1.165) is 0 Å². The Balaban J connectivity index is 1.58. The second-order valence-electron chi connectivity index (χ2n) is 10.5. The number of aliphatic hydroxyl groups is 2. The SMILES string of the molecule is C[C@]12C=CC(=O)C=C1C(Cl)=C[C@@H]1[C@@H]2C(O)C[C@@]2(C)[C@H]1CC[C@]2(O)C(=O)COC(=O)CCS(=O)(=O)O. The largest absolute Gasteiger partial charge is 0.458 e. The zero-order valence-corrected chi connectivity index (χ0v) is 21.0. The molecule has 35 heavy (non-hydrogen) atoms. The molecule has 1 unspecified atom stereocenters. The summed E-state index contributed by atoms with van der Waals surface area (Å²) in [7, 11) is -4.36. The summed E-state index contributed by atoms with van der Waals surface area (Å²) in [5.74, 6) is -3.51. The number of hydrogen-bond donors (Lipinski definition) is 3. The summed E-state index contributed by atoms with van der Waals surface area (Å²) in [5, 5.41) is 23.3. The van der Waals surface area contributed by atoms with Crippen LogP contribution in [0.2, 0.25) is 0 Å². The molecule has 0 saturated heterocycles. The smallest absolute Gasteiger partial charge is 0.307 e. The molecule has 4 aliphatic carbocycles. The van der Waals surface area contributed by atoms with Crippen LogP contribution in [0.15, 0.2) is 34.9 Å². The van der Waals surface area contributed by atoms with Crippen LogP contribution in [-0.4, -0.2) is 64.8 Å². The van der Waals surface area contributed by atoms with Gasteiger partial charge in [-0.15, -0.1) is 0 Å². The molecule has 0 heterocycles. The molecule has 0 bridgehead atoms. The van der Waals surface area contributed by atoms with Crippen molar-refractivity contribution < 1.29 is 42.3 Å². The number of allylic oxidation sites excluding steroid dienone is 6. The number of hydrogen-bond acceptors (Lipinski definition) is 8. The summed E-state index contributed by atoms with van der Waals surface area (Å²) in [6, 6.07) is 0. The molecule has 2 saturated carbocycles. The summed E-state index contributed by atoms with van der Waals surface area (Å²) in [5.41, 5.74) is -2.94. The van der Waals surface area contributed by atoms with Crippen LogP contribution in [0.25, 0.3) is 0 Å². The summed E-state index contributed by atoms with van der Waals surface area (Å²) in [6.45, 7) is 2.93. The molecular formula is C24H29ClO9S. The van der Waals surface area contributed by atoms with Crippen molar-refractivity contribution in [2.24, 2.45) is 28.6 Å². The molecule has 0 spiro atoms. The number of ketones is 2. The number of rotatable bonds is 6. The van der Waals surface area contributed by atoms with Gasteiger partial charge in [0.2, 0.25) is 5.78 Å². The molecule has 0 radical (unpaired) electrons.